The number of nitrogens with zero attached hydrogens (tertiary/aromatic N) is 2. The summed E-state index contributed by atoms with van der Waals surface area (Å²) in [6, 6.07) is 12.4. The standard InChI is InChI=1S/C27H32N4O4/c1-17-7-6-8-20(12-17)28-27(35)29-22-13-24(32)21-9-4-5-10-23(21)31(26(22)34)16-25(33)30-14-18(2)11-19(3)15-30/h4-10,12,18-19,22H,11,13-16H2,1-3H3,(H2,28,29,35)/t18?,19?,22-/m0/s1. The van der Waals surface area contributed by atoms with Crippen LogP contribution in [0.2, 0.25) is 0 Å². The van der Waals surface area contributed by atoms with Crippen LogP contribution in [0.1, 0.15) is 42.6 Å². The van der Waals surface area contributed by atoms with Gasteiger partial charge in [-0.2, -0.15) is 0 Å². The third-order valence-electron chi connectivity index (χ3n) is 6.55. The van der Waals surface area contributed by atoms with Crippen molar-refractivity contribution in [3.63, 3.8) is 0 Å². The van der Waals surface area contributed by atoms with E-state index in [4.69, 9.17) is 0 Å². The highest BCUT2D eigenvalue weighted by Crippen LogP contribution is 2.28. The maximum Gasteiger partial charge on any atom is 0.319 e. The molecule has 0 saturated carbocycles. The lowest BCUT2D eigenvalue weighted by atomic mass is 9.92. The van der Waals surface area contributed by atoms with Crippen LogP contribution < -0.4 is 15.5 Å². The van der Waals surface area contributed by atoms with Crippen molar-refractivity contribution < 1.29 is 19.2 Å². The van der Waals surface area contributed by atoms with Crippen LogP contribution in [0.25, 0.3) is 0 Å². The number of urea groups is 1. The number of anilines is 2. The summed E-state index contributed by atoms with van der Waals surface area (Å²) in [5, 5.41) is 5.37. The van der Waals surface area contributed by atoms with E-state index in [1.807, 2.05) is 19.1 Å². The molecule has 0 aliphatic carbocycles. The smallest absolute Gasteiger partial charge is 0.319 e. The van der Waals surface area contributed by atoms with E-state index < -0.39 is 18.0 Å². The van der Waals surface area contributed by atoms with Crippen LogP contribution in [0.5, 0.6) is 0 Å². The van der Waals surface area contributed by atoms with Crippen LogP contribution in [0.3, 0.4) is 0 Å². The first-order valence-corrected chi connectivity index (χ1v) is 12.1. The fourth-order valence-electron chi connectivity index (χ4n) is 5.06. The summed E-state index contributed by atoms with van der Waals surface area (Å²) >= 11 is 0. The van der Waals surface area contributed by atoms with Gasteiger partial charge in [0.2, 0.25) is 5.91 Å². The Morgan fingerprint density at radius 2 is 1.71 bits per heavy atom. The third-order valence-corrected chi connectivity index (χ3v) is 6.55. The number of ketones is 1. The number of likely N-dealkylation sites (tertiary alicyclic amines) is 1. The van der Waals surface area contributed by atoms with Crippen molar-refractivity contribution in [2.45, 2.75) is 39.7 Å². The molecule has 2 heterocycles. The number of carbonyl (C=O) groups is 4. The second-order valence-corrected chi connectivity index (χ2v) is 9.83. The number of amides is 4. The summed E-state index contributed by atoms with van der Waals surface area (Å²) in [5.74, 6) is -0.129. The van der Waals surface area contributed by atoms with Gasteiger partial charge in [-0.25, -0.2) is 4.79 Å². The van der Waals surface area contributed by atoms with Crippen molar-refractivity contribution in [1.29, 1.82) is 0 Å². The summed E-state index contributed by atoms with van der Waals surface area (Å²) in [6.45, 7) is 7.26. The Hall–Kier alpha value is -3.68. The molecule has 3 atom stereocenters. The molecule has 0 bridgehead atoms. The number of carbonyl (C=O) groups excluding carboxylic acids is 4. The van der Waals surface area contributed by atoms with Crippen LogP contribution in [0.15, 0.2) is 48.5 Å². The molecule has 8 heteroatoms. The van der Waals surface area contributed by atoms with Crippen molar-refractivity contribution in [3.8, 4) is 0 Å². The predicted octanol–water partition coefficient (Wildman–Crippen LogP) is 3.61. The van der Waals surface area contributed by atoms with Gasteiger partial charge < -0.3 is 20.4 Å². The van der Waals surface area contributed by atoms with Crippen molar-refractivity contribution >= 4 is 35.0 Å². The average Bonchev–Trinajstić information content (AvgIpc) is 2.89. The molecule has 2 aliphatic rings. The van der Waals surface area contributed by atoms with E-state index in [0.717, 1.165) is 12.0 Å². The summed E-state index contributed by atoms with van der Waals surface area (Å²) in [4.78, 5) is 55.7. The second-order valence-electron chi connectivity index (χ2n) is 9.83. The van der Waals surface area contributed by atoms with Crippen molar-refractivity contribution in [1.82, 2.24) is 10.2 Å². The Bertz CT molecular complexity index is 1140. The molecule has 2 aromatic rings. The molecule has 2 aliphatic heterocycles. The number of hydrogen-bond acceptors (Lipinski definition) is 4. The topological polar surface area (TPSA) is 98.8 Å². The number of para-hydroxylation sites is 1. The first kappa shape index (κ1) is 24.4. The lowest BCUT2D eigenvalue weighted by Crippen LogP contribution is -2.53. The molecular weight excluding hydrogens is 444 g/mol. The van der Waals surface area contributed by atoms with Crippen LogP contribution in [0.4, 0.5) is 16.2 Å². The summed E-state index contributed by atoms with van der Waals surface area (Å²) in [7, 11) is 0. The minimum atomic E-state index is -1.09. The molecule has 8 nitrogen and oxygen atoms in total. The highest BCUT2D eigenvalue weighted by atomic mass is 16.2. The maximum atomic E-state index is 13.6. The third kappa shape index (κ3) is 5.70. The fraction of sp³-hybridized carbons (Fsp3) is 0.407. The quantitative estimate of drug-likeness (QED) is 0.704. The minimum Gasteiger partial charge on any atom is -0.341 e. The molecule has 2 unspecified atom stereocenters. The first-order valence-electron chi connectivity index (χ1n) is 12.1. The van der Waals surface area contributed by atoms with Gasteiger partial charge >= 0.3 is 6.03 Å². The highest BCUT2D eigenvalue weighted by molar-refractivity contribution is 6.14. The van der Waals surface area contributed by atoms with Gasteiger partial charge in [-0.1, -0.05) is 38.1 Å². The molecule has 0 spiro atoms. The molecule has 4 amide bonds. The summed E-state index contributed by atoms with van der Waals surface area (Å²) in [6.07, 6.45) is 0.880. The monoisotopic (exact) mass is 476 g/mol. The van der Waals surface area contributed by atoms with Crippen molar-refractivity contribution in [3.05, 3.63) is 59.7 Å². The molecule has 4 rings (SSSR count). The molecule has 2 aromatic carbocycles. The van der Waals surface area contributed by atoms with E-state index in [1.165, 1.54) is 4.90 Å². The number of aryl methyl sites for hydroxylation is 1. The van der Waals surface area contributed by atoms with Gasteiger partial charge in [0.25, 0.3) is 5.91 Å². The number of benzene rings is 2. The predicted molar refractivity (Wildman–Crippen MR) is 134 cm³/mol. The van der Waals surface area contributed by atoms with Gasteiger partial charge in [0, 0.05) is 30.8 Å². The number of hydrogen-bond donors (Lipinski definition) is 2. The Kier molecular flexibility index (Phi) is 7.19. The zero-order chi connectivity index (χ0) is 25.1. The number of fused-ring (bicyclic) bond motifs is 1. The lowest BCUT2D eigenvalue weighted by Gasteiger charge is -2.36. The summed E-state index contributed by atoms with van der Waals surface area (Å²) < 4.78 is 0. The van der Waals surface area contributed by atoms with E-state index in [0.29, 0.717) is 41.9 Å². The molecule has 1 saturated heterocycles. The molecule has 0 aromatic heterocycles. The minimum absolute atomic E-state index is 0.163. The number of nitrogens with one attached hydrogen (secondary N) is 2. The van der Waals surface area contributed by atoms with E-state index >= 15 is 0 Å². The van der Waals surface area contributed by atoms with Crippen molar-refractivity contribution in [2.24, 2.45) is 11.8 Å². The largest absolute Gasteiger partial charge is 0.341 e. The van der Waals surface area contributed by atoms with E-state index in [1.54, 1.807) is 41.3 Å². The highest BCUT2D eigenvalue weighted by Gasteiger charge is 2.37. The number of piperidine rings is 1. The Morgan fingerprint density at radius 3 is 2.43 bits per heavy atom. The van der Waals surface area contributed by atoms with E-state index in [2.05, 4.69) is 24.5 Å². The molecular formula is C27H32N4O4. The van der Waals surface area contributed by atoms with Gasteiger partial charge in [-0.15, -0.1) is 0 Å². The molecule has 1 fully saturated rings. The average molecular weight is 477 g/mol. The zero-order valence-electron chi connectivity index (χ0n) is 20.4. The SMILES string of the molecule is Cc1cccc(NC(=O)N[C@H]2CC(=O)c3ccccc3N(CC(=O)N3CC(C)CC(C)C3)C2=O)c1. The van der Waals surface area contributed by atoms with Gasteiger partial charge in [0.1, 0.15) is 12.6 Å². The molecule has 35 heavy (non-hydrogen) atoms. The Labute approximate surface area is 205 Å². The molecule has 2 N–H and O–H groups in total. The van der Waals surface area contributed by atoms with Gasteiger partial charge in [0.15, 0.2) is 5.78 Å². The van der Waals surface area contributed by atoms with Crippen LogP contribution in [-0.2, 0) is 9.59 Å². The Balaban J connectivity index is 1.55. The van der Waals surface area contributed by atoms with Crippen molar-refractivity contribution in [2.75, 3.05) is 29.9 Å². The van der Waals surface area contributed by atoms with Crippen LogP contribution in [0, 0.1) is 18.8 Å². The fourth-order valence-corrected chi connectivity index (χ4v) is 5.06. The number of Topliss-reactive ketones (excluding diaryl/α,β-unsaturated/α-hetero) is 1. The van der Waals surface area contributed by atoms with Crippen LogP contribution >= 0.6 is 0 Å². The van der Waals surface area contributed by atoms with Crippen LogP contribution in [-0.4, -0.2) is 54.2 Å². The van der Waals surface area contributed by atoms with Gasteiger partial charge in [-0.05, 0) is 55.0 Å². The maximum absolute atomic E-state index is 13.6. The van der Waals surface area contributed by atoms with Gasteiger partial charge in [-0.3, -0.25) is 14.4 Å². The Morgan fingerprint density at radius 1 is 1.00 bits per heavy atom. The van der Waals surface area contributed by atoms with E-state index in [9.17, 15) is 19.2 Å². The second kappa shape index (κ2) is 10.3. The first-order chi connectivity index (χ1) is 16.7. The van der Waals surface area contributed by atoms with E-state index in [-0.39, 0.29) is 24.7 Å². The number of rotatable bonds is 4. The van der Waals surface area contributed by atoms with Gasteiger partial charge in [0.05, 0.1) is 5.69 Å². The lowest BCUT2D eigenvalue weighted by molar-refractivity contribution is -0.134. The molecule has 0 radical (unpaired) electrons. The normalized spacial score (nSPS) is 22.3. The summed E-state index contributed by atoms with van der Waals surface area (Å²) in [5.41, 5.74) is 2.33. The molecule has 184 valence electrons. The zero-order valence-corrected chi connectivity index (χ0v) is 20.4.